The molecule has 1 aliphatic rings. The summed E-state index contributed by atoms with van der Waals surface area (Å²) in [5.74, 6) is -1.14. The predicted octanol–water partition coefficient (Wildman–Crippen LogP) is 0.939. The van der Waals surface area contributed by atoms with E-state index in [9.17, 15) is 4.79 Å². The Balaban J connectivity index is 2.18. The molecule has 1 aromatic rings. The molecule has 3 atom stereocenters. The zero-order chi connectivity index (χ0) is 13.5. The minimum Gasteiger partial charge on any atom is -0.481 e. The molecule has 0 spiro atoms. The first-order chi connectivity index (χ1) is 8.29. The Morgan fingerprint density at radius 3 is 2.61 bits per heavy atom. The molecule has 6 heteroatoms. The van der Waals surface area contributed by atoms with Gasteiger partial charge in [-0.2, -0.15) is 0 Å². The van der Waals surface area contributed by atoms with Crippen LogP contribution in [-0.4, -0.2) is 32.1 Å². The second-order valence-corrected chi connectivity index (χ2v) is 6.07. The smallest absolute Gasteiger partial charge is 0.306 e. The topological polar surface area (TPSA) is 94.0 Å². The van der Waals surface area contributed by atoms with Crippen molar-refractivity contribution in [2.75, 3.05) is 0 Å². The maximum atomic E-state index is 11.0. The van der Waals surface area contributed by atoms with Gasteiger partial charge in [-0.05, 0) is 12.8 Å². The number of aliphatic carboxylic acids is 1. The molecule has 1 aliphatic carbocycles. The van der Waals surface area contributed by atoms with Crippen molar-refractivity contribution in [3.8, 4) is 0 Å². The van der Waals surface area contributed by atoms with Crippen molar-refractivity contribution in [1.29, 1.82) is 0 Å². The normalized spacial score (nSPS) is 28.6. The molecular formula is C12H20N4O2. The first kappa shape index (κ1) is 13.0. The third-order valence-electron chi connectivity index (χ3n) is 3.54. The first-order valence-corrected chi connectivity index (χ1v) is 6.19. The van der Waals surface area contributed by atoms with E-state index in [1.165, 1.54) is 0 Å². The lowest BCUT2D eigenvalue weighted by molar-refractivity contribution is -0.141. The lowest BCUT2D eigenvalue weighted by Gasteiger charge is -2.16. The average Bonchev–Trinajstić information content (AvgIpc) is 2.81. The summed E-state index contributed by atoms with van der Waals surface area (Å²) in [7, 11) is 0. The maximum Gasteiger partial charge on any atom is 0.306 e. The number of carbonyl (C=O) groups is 1. The molecule has 0 amide bonds. The minimum absolute atomic E-state index is 0.0605. The summed E-state index contributed by atoms with van der Waals surface area (Å²) in [5.41, 5.74) is 6.84. The number of carboxylic acids is 1. The number of nitrogens with zero attached hydrogens (tertiary/aromatic N) is 3. The Hall–Kier alpha value is -1.43. The van der Waals surface area contributed by atoms with Gasteiger partial charge in [-0.1, -0.05) is 26.0 Å². The quantitative estimate of drug-likeness (QED) is 0.816. The van der Waals surface area contributed by atoms with Gasteiger partial charge in [0, 0.05) is 17.7 Å². The minimum atomic E-state index is -0.774. The van der Waals surface area contributed by atoms with Gasteiger partial charge in [0.1, 0.15) is 0 Å². The van der Waals surface area contributed by atoms with Crippen LogP contribution in [0.15, 0.2) is 6.20 Å². The molecule has 2 rings (SSSR count). The van der Waals surface area contributed by atoms with Crippen molar-refractivity contribution < 1.29 is 9.90 Å². The van der Waals surface area contributed by atoms with Crippen molar-refractivity contribution in [3.63, 3.8) is 0 Å². The molecule has 1 unspecified atom stereocenters. The van der Waals surface area contributed by atoms with E-state index in [-0.39, 0.29) is 23.4 Å². The summed E-state index contributed by atoms with van der Waals surface area (Å²) in [4.78, 5) is 11.0. The highest BCUT2D eigenvalue weighted by atomic mass is 16.4. The predicted molar refractivity (Wildman–Crippen MR) is 66.1 cm³/mol. The lowest BCUT2D eigenvalue weighted by Crippen LogP contribution is -2.27. The molecule has 0 aromatic carbocycles. The van der Waals surface area contributed by atoms with Crippen molar-refractivity contribution in [3.05, 3.63) is 11.9 Å². The molecule has 100 valence electrons. The molecule has 1 heterocycles. The van der Waals surface area contributed by atoms with E-state index < -0.39 is 5.97 Å². The molecule has 1 saturated carbocycles. The molecule has 0 radical (unpaired) electrons. The van der Waals surface area contributed by atoms with Crippen LogP contribution in [0.2, 0.25) is 0 Å². The van der Waals surface area contributed by atoms with Crippen LogP contribution in [-0.2, 0) is 10.2 Å². The van der Waals surface area contributed by atoms with Crippen LogP contribution >= 0.6 is 0 Å². The van der Waals surface area contributed by atoms with E-state index in [1.807, 2.05) is 6.20 Å². The van der Waals surface area contributed by atoms with E-state index >= 15 is 0 Å². The van der Waals surface area contributed by atoms with Crippen LogP contribution in [0.4, 0.5) is 0 Å². The first-order valence-electron chi connectivity index (χ1n) is 6.19. The van der Waals surface area contributed by atoms with Gasteiger partial charge in [0.2, 0.25) is 0 Å². The fraction of sp³-hybridized carbons (Fsp3) is 0.750. The van der Waals surface area contributed by atoms with E-state index in [0.717, 1.165) is 5.69 Å². The summed E-state index contributed by atoms with van der Waals surface area (Å²) < 4.78 is 1.73. The Bertz CT molecular complexity index is 449. The molecule has 0 bridgehead atoms. The molecule has 3 N–H and O–H groups in total. The Morgan fingerprint density at radius 2 is 2.17 bits per heavy atom. The van der Waals surface area contributed by atoms with Gasteiger partial charge >= 0.3 is 5.97 Å². The summed E-state index contributed by atoms with van der Waals surface area (Å²) in [6, 6.07) is -0.227. The Kier molecular flexibility index (Phi) is 3.14. The maximum absolute atomic E-state index is 11.0. The molecule has 0 aliphatic heterocycles. The third kappa shape index (κ3) is 2.38. The SMILES string of the molecule is CC(C)(C)c1cn([C@H]2CC(C(=O)O)C[C@H]2N)nn1. The van der Waals surface area contributed by atoms with E-state index in [4.69, 9.17) is 10.8 Å². The van der Waals surface area contributed by atoms with Crippen LogP contribution < -0.4 is 5.73 Å². The monoisotopic (exact) mass is 252 g/mol. The zero-order valence-corrected chi connectivity index (χ0v) is 11.0. The van der Waals surface area contributed by atoms with Gasteiger partial charge in [0.25, 0.3) is 0 Å². The number of carboxylic acid groups (broad SMARTS) is 1. The third-order valence-corrected chi connectivity index (χ3v) is 3.54. The van der Waals surface area contributed by atoms with Crippen LogP contribution in [0.25, 0.3) is 0 Å². The highest BCUT2D eigenvalue weighted by molar-refractivity contribution is 5.70. The molecular weight excluding hydrogens is 232 g/mol. The van der Waals surface area contributed by atoms with E-state index in [2.05, 4.69) is 31.1 Å². The van der Waals surface area contributed by atoms with Crippen molar-refractivity contribution in [1.82, 2.24) is 15.0 Å². The van der Waals surface area contributed by atoms with Crippen LogP contribution in [0, 0.1) is 5.92 Å². The number of aromatic nitrogens is 3. The second-order valence-electron chi connectivity index (χ2n) is 6.07. The average molecular weight is 252 g/mol. The van der Waals surface area contributed by atoms with E-state index in [0.29, 0.717) is 12.8 Å². The van der Waals surface area contributed by atoms with Crippen molar-refractivity contribution >= 4 is 5.97 Å². The number of hydrogen-bond donors (Lipinski definition) is 2. The Morgan fingerprint density at radius 1 is 1.50 bits per heavy atom. The van der Waals surface area contributed by atoms with Gasteiger partial charge in [0.05, 0.1) is 17.7 Å². The summed E-state index contributed by atoms with van der Waals surface area (Å²) in [6.45, 7) is 6.20. The molecule has 1 fully saturated rings. The van der Waals surface area contributed by atoms with Gasteiger partial charge in [-0.15, -0.1) is 5.10 Å². The lowest BCUT2D eigenvalue weighted by atomic mass is 9.93. The van der Waals surface area contributed by atoms with Crippen molar-refractivity contribution in [2.45, 2.75) is 51.1 Å². The summed E-state index contributed by atoms with van der Waals surface area (Å²) in [5, 5.41) is 17.3. The summed E-state index contributed by atoms with van der Waals surface area (Å²) >= 11 is 0. The molecule has 0 saturated heterocycles. The molecule has 6 nitrogen and oxygen atoms in total. The highest BCUT2D eigenvalue weighted by Gasteiger charge is 2.37. The largest absolute Gasteiger partial charge is 0.481 e. The fourth-order valence-corrected chi connectivity index (χ4v) is 2.34. The van der Waals surface area contributed by atoms with Gasteiger partial charge in [-0.25, -0.2) is 4.68 Å². The van der Waals surface area contributed by atoms with Crippen LogP contribution in [0.1, 0.15) is 45.3 Å². The van der Waals surface area contributed by atoms with Crippen LogP contribution in [0.5, 0.6) is 0 Å². The number of nitrogens with two attached hydrogens (primary N) is 1. The van der Waals surface area contributed by atoms with E-state index in [1.54, 1.807) is 4.68 Å². The van der Waals surface area contributed by atoms with Crippen LogP contribution in [0.3, 0.4) is 0 Å². The molecule has 1 aromatic heterocycles. The van der Waals surface area contributed by atoms with Crippen molar-refractivity contribution in [2.24, 2.45) is 11.7 Å². The van der Waals surface area contributed by atoms with Gasteiger partial charge in [-0.3, -0.25) is 4.79 Å². The standard InChI is InChI=1S/C12H20N4O2/c1-12(2,3)10-6-16(15-14-10)9-5-7(11(17)18)4-8(9)13/h6-9H,4-5,13H2,1-3H3,(H,17,18)/t7?,8-,9+/m1/s1. The number of rotatable bonds is 2. The second kappa shape index (κ2) is 4.35. The van der Waals surface area contributed by atoms with Gasteiger partial charge < -0.3 is 10.8 Å². The Labute approximate surface area is 106 Å². The highest BCUT2D eigenvalue weighted by Crippen LogP contribution is 2.34. The summed E-state index contributed by atoms with van der Waals surface area (Å²) in [6.07, 6.45) is 2.92. The molecule has 18 heavy (non-hydrogen) atoms. The zero-order valence-electron chi connectivity index (χ0n) is 11.0. The number of hydrogen-bond acceptors (Lipinski definition) is 4. The fourth-order valence-electron chi connectivity index (χ4n) is 2.34. The van der Waals surface area contributed by atoms with Gasteiger partial charge in [0.15, 0.2) is 0 Å².